The van der Waals surface area contributed by atoms with Crippen LogP contribution in [0.5, 0.6) is 5.75 Å². The number of halogens is 3. The predicted molar refractivity (Wildman–Crippen MR) is 94.3 cm³/mol. The van der Waals surface area contributed by atoms with Crippen LogP contribution >= 0.6 is 0 Å². The molecule has 1 aromatic carbocycles. The lowest BCUT2D eigenvalue weighted by molar-refractivity contribution is -0.274. The molecule has 0 aliphatic heterocycles. The first-order valence-electron chi connectivity index (χ1n) is 7.30. The van der Waals surface area contributed by atoms with Gasteiger partial charge in [-0.05, 0) is 48.0 Å². The summed E-state index contributed by atoms with van der Waals surface area (Å²) in [6.07, 6.45) is -1.44. The molecule has 3 nitrogen and oxygen atoms in total. The Bertz CT molecular complexity index is 686. The van der Waals surface area contributed by atoms with Gasteiger partial charge in [-0.3, -0.25) is 0 Å². The molecule has 1 N–H and O–H groups in total. The van der Waals surface area contributed by atoms with E-state index in [2.05, 4.69) is 28.2 Å². The quantitative estimate of drug-likeness (QED) is 0.696. The third-order valence-electron chi connectivity index (χ3n) is 2.73. The maximum absolute atomic E-state index is 12.1. The molecule has 0 aliphatic carbocycles. The highest BCUT2D eigenvalue weighted by Gasteiger charge is 2.30. The van der Waals surface area contributed by atoms with Crippen LogP contribution in [0.25, 0.3) is 12.2 Å². The third-order valence-corrected chi connectivity index (χ3v) is 2.73. The zero-order valence-corrected chi connectivity index (χ0v) is 13.5. The number of rotatable bonds is 5. The van der Waals surface area contributed by atoms with Crippen molar-refractivity contribution in [2.75, 3.05) is 5.32 Å². The van der Waals surface area contributed by atoms with E-state index in [-0.39, 0.29) is 7.18 Å². The maximum atomic E-state index is 12.1. The van der Waals surface area contributed by atoms with Crippen LogP contribution in [0.3, 0.4) is 0 Å². The van der Waals surface area contributed by atoms with Gasteiger partial charge in [0, 0.05) is 7.11 Å². The van der Waals surface area contributed by atoms with Gasteiger partial charge in [0.1, 0.15) is 11.6 Å². The topological polar surface area (TPSA) is 34.1 Å². The lowest BCUT2D eigenvalue weighted by Crippen LogP contribution is -2.16. The minimum atomic E-state index is -4.70. The Kier molecular flexibility index (Phi) is 7.04. The molecule has 0 unspecified atom stereocenters. The normalized spacial score (nSPS) is 10.2. The van der Waals surface area contributed by atoms with E-state index in [0.29, 0.717) is 17.2 Å². The van der Waals surface area contributed by atoms with Crippen molar-refractivity contribution in [3.05, 3.63) is 60.8 Å². The van der Waals surface area contributed by atoms with Crippen LogP contribution in [0, 0.1) is 0 Å². The molecule has 0 amide bonds. The van der Waals surface area contributed by atoms with Gasteiger partial charge in [0.2, 0.25) is 0 Å². The minimum absolute atomic E-state index is 0. The average molecular weight is 338 g/mol. The molecule has 0 bridgehead atoms. The van der Waals surface area contributed by atoms with Gasteiger partial charge in [-0.1, -0.05) is 33.1 Å². The van der Waals surface area contributed by atoms with Crippen LogP contribution in [-0.4, -0.2) is 11.3 Å². The van der Waals surface area contributed by atoms with E-state index in [1.807, 2.05) is 19.9 Å². The molecule has 0 saturated heterocycles. The number of alkyl halides is 3. The van der Waals surface area contributed by atoms with Gasteiger partial charge in [0.25, 0.3) is 0 Å². The summed E-state index contributed by atoms with van der Waals surface area (Å²) in [5.41, 5.74) is 2.09. The van der Waals surface area contributed by atoms with Crippen molar-refractivity contribution in [2.24, 2.45) is 0 Å². The van der Waals surface area contributed by atoms with Crippen molar-refractivity contribution in [1.29, 1.82) is 0 Å². The Morgan fingerprint density at radius 3 is 2.17 bits per heavy atom. The molecule has 0 aliphatic rings. The number of benzene rings is 1. The molecule has 0 fully saturated rings. The van der Waals surface area contributed by atoms with Crippen LogP contribution in [0.4, 0.5) is 24.7 Å². The molecular weight excluding hydrogens is 317 g/mol. The van der Waals surface area contributed by atoms with Gasteiger partial charge in [-0.2, -0.15) is 0 Å². The molecule has 2 rings (SSSR count). The molecule has 0 saturated carbocycles. The van der Waals surface area contributed by atoms with E-state index >= 15 is 0 Å². The lowest BCUT2D eigenvalue weighted by Gasteiger charge is -2.11. The Hall–Kier alpha value is -2.76. The van der Waals surface area contributed by atoms with Gasteiger partial charge >= 0.3 is 6.36 Å². The van der Waals surface area contributed by atoms with E-state index in [4.69, 9.17) is 0 Å². The zero-order chi connectivity index (χ0) is 18.2. The first kappa shape index (κ1) is 19.3. The lowest BCUT2D eigenvalue weighted by atomic mass is 10.2. The number of aromatic nitrogens is 1. The van der Waals surface area contributed by atoms with E-state index in [1.54, 1.807) is 18.2 Å². The van der Waals surface area contributed by atoms with Crippen LogP contribution in [0.2, 0.25) is 0 Å². The summed E-state index contributed by atoms with van der Waals surface area (Å²) in [7, 11) is 0. The van der Waals surface area contributed by atoms with Crippen LogP contribution in [0.1, 0.15) is 26.5 Å². The number of hydrogen-bond donors (Lipinski definition) is 1. The molecule has 24 heavy (non-hydrogen) atoms. The van der Waals surface area contributed by atoms with Crippen LogP contribution < -0.4 is 10.1 Å². The average Bonchev–Trinajstić information content (AvgIpc) is 2.57. The summed E-state index contributed by atoms with van der Waals surface area (Å²) in [6, 6.07) is 8.95. The second-order valence-electron chi connectivity index (χ2n) is 4.28. The largest absolute Gasteiger partial charge is 0.573 e. The highest BCUT2D eigenvalue weighted by atomic mass is 19.4. The van der Waals surface area contributed by atoms with Crippen molar-refractivity contribution in [2.45, 2.75) is 20.2 Å². The number of anilines is 2. The molecule has 0 atom stereocenters. The van der Waals surface area contributed by atoms with Crippen LogP contribution in [0.15, 0.2) is 49.6 Å². The Morgan fingerprint density at radius 1 is 1.04 bits per heavy atom. The molecule has 6 heteroatoms. The Balaban J connectivity index is 0.00000185. The fourth-order valence-corrected chi connectivity index (χ4v) is 1.78. The van der Waals surface area contributed by atoms with Crippen molar-refractivity contribution in [3.63, 3.8) is 0 Å². The van der Waals surface area contributed by atoms with Gasteiger partial charge < -0.3 is 10.1 Å². The molecule has 130 valence electrons. The standard InChI is InChI=1S/C16H13F3N2O.C2H6.H2/c1-3-11-5-10-15(21-14(11)4-2)20-12-6-8-13(9-7-12)22-16(17,18)19;1-2;/h3-10H,1-2H2,(H,20,21);1-2H3;1H. The monoisotopic (exact) mass is 338 g/mol. The summed E-state index contributed by atoms with van der Waals surface area (Å²) < 4.78 is 40.0. The van der Waals surface area contributed by atoms with Gasteiger partial charge in [0.15, 0.2) is 0 Å². The maximum Gasteiger partial charge on any atom is 0.573 e. The second kappa shape index (κ2) is 8.76. The highest BCUT2D eigenvalue weighted by molar-refractivity contribution is 5.65. The molecule has 0 radical (unpaired) electrons. The SMILES string of the molecule is C=Cc1ccc(Nc2ccc(OC(F)(F)F)cc2)nc1C=C.CC.[HH]. The van der Waals surface area contributed by atoms with Crippen molar-refractivity contribution < 1.29 is 19.3 Å². The highest BCUT2D eigenvalue weighted by Crippen LogP contribution is 2.25. The van der Waals surface area contributed by atoms with E-state index in [0.717, 1.165) is 5.56 Å². The molecule has 0 spiro atoms. The summed E-state index contributed by atoms with van der Waals surface area (Å²) in [5.74, 6) is 0.268. The number of hydrogen-bond acceptors (Lipinski definition) is 3. The minimum Gasteiger partial charge on any atom is -0.406 e. The van der Waals surface area contributed by atoms with Crippen molar-refractivity contribution >= 4 is 23.7 Å². The van der Waals surface area contributed by atoms with Crippen LogP contribution in [-0.2, 0) is 0 Å². The van der Waals surface area contributed by atoms with E-state index < -0.39 is 6.36 Å². The molecular formula is C18H21F3N2O. The van der Waals surface area contributed by atoms with Gasteiger partial charge in [-0.25, -0.2) is 4.98 Å². The summed E-state index contributed by atoms with van der Waals surface area (Å²) in [6.45, 7) is 11.4. The fourth-order valence-electron chi connectivity index (χ4n) is 1.78. The Morgan fingerprint density at radius 2 is 1.67 bits per heavy atom. The molecule has 2 aromatic rings. The second-order valence-corrected chi connectivity index (χ2v) is 4.28. The van der Waals surface area contributed by atoms with Crippen molar-refractivity contribution in [3.8, 4) is 5.75 Å². The Labute approximate surface area is 141 Å². The number of pyridine rings is 1. The third kappa shape index (κ3) is 5.79. The first-order chi connectivity index (χ1) is 11.4. The molecule has 1 heterocycles. The van der Waals surface area contributed by atoms with Gasteiger partial charge in [-0.15, -0.1) is 13.2 Å². The number of ether oxygens (including phenoxy) is 1. The summed E-state index contributed by atoms with van der Waals surface area (Å²) >= 11 is 0. The smallest absolute Gasteiger partial charge is 0.406 e. The van der Waals surface area contributed by atoms with Crippen molar-refractivity contribution in [1.82, 2.24) is 4.98 Å². The summed E-state index contributed by atoms with van der Waals surface area (Å²) in [4.78, 5) is 4.33. The first-order valence-corrected chi connectivity index (χ1v) is 7.30. The van der Waals surface area contributed by atoms with Gasteiger partial charge in [0.05, 0.1) is 5.69 Å². The fraction of sp³-hybridized carbons (Fsp3) is 0.167. The van der Waals surface area contributed by atoms with E-state index in [1.165, 1.54) is 24.3 Å². The number of nitrogens with one attached hydrogen (secondary N) is 1. The van der Waals surface area contributed by atoms with E-state index in [9.17, 15) is 13.2 Å². The predicted octanol–water partition coefficient (Wildman–Crippen LogP) is 6.28. The summed E-state index contributed by atoms with van der Waals surface area (Å²) in [5, 5.41) is 2.99. The molecule has 1 aromatic heterocycles. The zero-order valence-electron chi connectivity index (χ0n) is 13.5. The number of nitrogens with zero attached hydrogens (tertiary/aromatic N) is 1.